The Hall–Kier alpha value is -2.86. The molecule has 0 spiro atoms. The Kier molecular flexibility index (Phi) is 6.64. The van der Waals surface area contributed by atoms with Gasteiger partial charge in [-0.15, -0.1) is 11.8 Å². The molecule has 4 rings (SSSR count). The number of carbonyl (C=O) groups excluding carboxylic acids is 1. The fourth-order valence-electron chi connectivity index (χ4n) is 3.58. The van der Waals surface area contributed by atoms with E-state index in [1.165, 1.54) is 17.7 Å². The predicted molar refractivity (Wildman–Crippen MR) is 119 cm³/mol. The standard InChI is InChI=1S/C24H24FN3OS/c25-21-5-7-22(8-6-21)28-13-11-18(16-28)15-27-24(29)20-3-9-23(10-4-20)30-17-19-2-1-12-26-14-19/h1-10,12,14,18H,11,13,15-17H2,(H,27,29). The minimum atomic E-state index is -0.219. The second-order valence-corrected chi connectivity index (χ2v) is 8.51. The summed E-state index contributed by atoms with van der Waals surface area (Å²) in [5.41, 5.74) is 2.88. The number of hydrogen-bond donors (Lipinski definition) is 1. The first-order valence-corrected chi connectivity index (χ1v) is 11.1. The van der Waals surface area contributed by atoms with Gasteiger partial charge in [-0.25, -0.2) is 4.39 Å². The van der Waals surface area contributed by atoms with Gasteiger partial charge in [-0.05, 0) is 72.5 Å². The molecule has 1 aromatic heterocycles. The van der Waals surface area contributed by atoms with Crippen LogP contribution in [0.1, 0.15) is 22.3 Å². The quantitative estimate of drug-likeness (QED) is 0.558. The molecule has 1 fully saturated rings. The van der Waals surface area contributed by atoms with Gasteiger partial charge in [0.2, 0.25) is 0 Å². The van der Waals surface area contributed by atoms with Crippen molar-refractivity contribution in [1.82, 2.24) is 10.3 Å². The Labute approximate surface area is 180 Å². The predicted octanol–water partition coefficient (Wildman–Crippen LogP) is 4.77. The average molecular weight is 422 g/mol. The number of carbonyl (C=O) groups is 1. The van der Waals surface area contributed by atoms with Crippen molar-refractivity contribution < 1.29 is 9.18 Å². The molecule has 0 radical (unpaired) electrons. The van der Waals surface area contributed by atoms with E-state index in [0.717, 1.165) is 35.8 Å². The van der Waals surface area contributed by atoms with Crippen molar-refractivity contribution >= 4 is 23.4 Å². The third-order valence-corrected chi connectivity index (χ3v) is 6.36. The van der Waals surface area contributed by atoms with Crippen LogP contribution in [-0.2, 0) is 5.75 Å². The molecule has 1 aliphatic heterocycles. The maximum atomic E-state index is 13.1. The van der Waals surface area contributed by atoms with Gasteiger partial charge in [0.25, 0.3) is 5.91 Å². The SMILES string of the molecule is O=C(NCC1CCN(c2ccc(F)cc2)C1)c1ccc(SCc2cccnc2)cc1. The molecule has 154 valence electrons. The lowest BCUT2D eigenvalue weighted by atomic mass is 10.1. The lowest BCUT2D eigenvalue weighted by molar-refractivity contribution is 0.0948. The van der Waals surface area contributed by atoms with Gasteiger partial charge in [0, 0.05) is 53.9 Å². The van der Waals surface area contributed by atoms with Gasteiger partial charge in [0.15, 0.2) is 0 Å². The Morgan fingerprint density at radius 1 is 1.13 bits per heavy atom. The third kappa shape index (κ3) is 5.39. The fourth-order valence-corrected chi connectivity index (χ4v) is 4.41. The van der Waals surface area contributed by atoms with Crippen LogP contribution in [0.15, 0.2) is 78.0 Å². The Morgan fingerprint density at radius 3 is 2.67 bits per heavy atom. The van der Waals surface area contributed by atoms with Gasteiger partial charge < -0.3 is 10.2 Å². The summed E-state index contributed by atoms with van der Waals surface area (Å²) in [7, 11) is 0. The largest absolute Gasteiger partial charge is 0.371 e. The van der Waals surface area contributed by atoms with Gasteiger partial charge in [-0.2, -0.15) is 0 Å². The average Bonchev–Trinajstić information content (AvgIpc) is 3.27. The number of thioether (sulfide) groups is 1. The number of benzene rings is 2. The van der Waals surface area contributed by atoms with Crippen molar-refractivity contribution in [1.29, 1.82) is 0 Å². The van der Waals surface area contributed by atoms with Crippen molar-refractivity contribution in [3.05, 3.63) is 90.0 Å². The molecule has 1 atom stereocenters. The molecule has 3 aromatic rings. The lowest BCUT2D eigenvalue weighted by Crippen LogP contribution is -2.31. The van der Waals surface area contributed by atoms with Crippen LogP contribution in [0.5, 0.6) is 0 Å². The number of anilines is 1. The van der Waals surface area contributed by atoms with Crippen LogP contribution in [-0.4, -0.2) is 30.5 Å². The number of halogens is 1. The monoisotopic (exact) mass is 421 g/mol. The molecule has 30 heavy (non-hydrogen) atoms. The number of aromatic nitrogens is 1. The van der Waals surface area contributed by atoms with Crippen LogP contribution in [0, 0.1) is 11.7 Å². The second kappa shape index (κ2) is 9.76. The zero-order chi connectivity index (χ0) is 20.8. The molecule has 1 aliphatic rings. The minimum absolute atomic E-state index is 0.0426. The molecule has 0 saturated carbocycles. The van der Waals surface area contributed by atoms with Crippen molar-refractivity contribution in [2.45, 2.75) is 17.1 Å². The van der Waals surface area contributed by atoms with E-state index in [2.05, 4.69) is 21.3 Å². The van der Waals surface area contributed by atoms with Crippen LogP contribution >= 0.6 is 11.8 Å². The second-order valence-electron chi connectivity index (χ2n) is 7.46. The van der Waals surface area contributed by atoms with Gasteiger partial charge in [-0.1, -0.05) is 6.07 Å². The molecule has 1 saturated heterocycles. The van der Waals surface area contributed by atoms with Gasteiger partial charge in [-0.3, -0.25) is 9.78 Å². The minimum Gasteiger partial charge on any atom is -0.371 e. The summed E-state index contributed by atoms with van der Waals surface area (Å²) in [6.07, 6.45) is 4.66. The summed E-state index contributed by atoms with van der Waals surface area (Å²) in [5.74, 6) is 0.988. The first kappa shape index (κ1) is 20.4. The number of amides is 1. The molecular formula is C24H24FN3OS. The van der Waals surface area contributed by atoms with Crippen LogP contribution in [0.2, 0.25) is 0 Å². The molecule has 4 nitrogen and oxygen atoms in total. The van der Waals surface area contributed by atoms with E-state index in [1.807, 2.05) is 48.7 Å². The number of hydrogen-bond acceptors (Lipinski definition) is 4. The van der Waals surface area contributed by atoms with Crippen molar-refractivity contribution in [2.75, 3.05) is 24.5 Å². The summed E-state index contributed by atoms with van der Waals surface area (Å²) in [6, 6.07) is 18.3. The molecule has 2 aromatic carbocycles. The molecule has 2 heterocycles. The van der Waals surface area contributed by atoms with Crippen LogP contribution < -0.4 is 10.2 Å². The van der Waals surface area contributed by atoms with E-state index in [0.29, 0.717) is 18.0 Å². The van der Waals surface area contributed by atoms with E-state index >= 15 is 0 Å². The first-order chi connectivity index (χ1) is 14.7. The molecular weight excluding hydrogens is 397 g/mol. The summed E-state index contributed by atoms with van der Waals surface area (Å²) >= 11 is 1.73. The highest BCUT2D eigenvalue weighted by molar-refractivity contribution is 7.98. The van der Waals surface area contributed by atoms with Gasteiger partial charge in [0.1, 0.15) is 5.82 Å². The molecule has 1 N–H and O–H groups in total. The molecule has 0 aliphatic carbocycles. The number of nitrogens with one attached hydrogen (secondary N) is 1. The van der Waals surface area contributed by atoms with E-state index in [9.17, 15) is 9.18 Å². The van der Waals surface area contributed by atoms with Crippen molar-refractivity contribution in [3.8, 4) is 0 Å². The summed E-state index contributed by atoms with van der Waals surface area (Å²) in [6.45, 7) is 2.44. The van der Waals surface area contributed by atoms with E-state index in [-0.39, 0.29) is 11.7 Å². The highest BCUT2D eigenvalue weighted by Crippen LogP contribution is 2.24. The van der Waals surface area contributed by atoms with Crippen LogP contribution in [0.3, 0.4) is 0 Å². The smallest absolute Gasteiger partial charge is 0.251 e. The topological polar surface area (TPSA) is 45.2 Å². The van der Waals surface area contributed by atoms with Crippen LogP contribution in [0.25, 0.3) is 0 Å². The fraction of sp³-hybridized carbons (Fsp3) is 0.250. The maximum Gasteiger partial charge on any atom is 0.251 e. The number of nitrogens with zero attached hydrogens (tertiary/aromatic N) is 2. The molecule has 0 bridgehead atoms. The summed E-state index contributed by atoms with van der Waals surface area (Å²) in [4.78, 5) is 20.0. The highest BCUT2D eigenvalue weighted by Gasteiger charge is 2.23. The molecule has 1 unspecified atom stereocenters. The number of rotatable bonds is 7. The first-order valence-electron chi connectivity index (χ1n) is 10.1. The molecule has 1 amide bonds. The van der Waals surface area contributed by atoms with E-state index < -0.39 is 0 Å². The third-order valence-electron chi connectivity index (χ3n) is 5.27. The van der Waals surface area contributed by atoms with Gasteiger partial charge >= 0.3 is 0 Å². The number of pyridine rings is 1. The van der Waals surface area contributed by atoms with Crippen molar-refractivity contribution in [2.24, 2.45) is 5.92 Å². The lowest BCUT2D eigenvalue weighted by Gasteiger charge is -2.18. The van der Waals surface area contributed by atoms with Crippen molar-refractivity contribution in [3.63, 3.8) is 0 Å². The van der Waals surface area contributed by atoms with E-state index in [1.54, 1.807) is 18.0 Å². The zero-order valence-electron chi connectivity index (χ0n) is 16.6. The normalized spacial score (nSPS) is 15.9. The Morgan fingerprint density at radius 2 is 1.93 bits per heavy atom. The maximum absolute atomic E-state index is 13.1. The Bertz CT molecular complexity index is 964. The summed E-state index contributed by atoms with van der Waals surface area (Å²) in [5, 5.41) is 3.06. The Balaban J connectivity index is 1.23. The highest BCUT2D eigenvalue weighted by atomic mass is 32.2. The zero-order valence-corrected chi connectivity index (χ0v) is 17.4. The van der Waals surface area contributed by atoms with E-state index in [4.69, 9.17) is 0 Å². The van der Waals surface area contributed by atoms with Crippen LogP contribution in [0.4, 0.5) is 10.1 Å². The van der Waals surface area contributed by atoms with Gasteiger partial charge in [0.05, 0.1) is 0 Å². The summed E-state index contributed by atoms with van der Waals surface area (Å²) < 4.78 is 13.1. The molecule has 6 heteroatoms.